The largest absolute Gasteiger partial charge is 0.489 e. The van der Waals surface area contributed by atoms with Crippen molar-refractivity contribution >= 4 is 0 Å². The van der Waals surface area contributed by atoms with Crippen LogP contribution in [-0.4, -0.2) is 4.57 Å². The molecule has 1 heterocycles. The Hall–Kier alpha value is -2.10. The highest BCUT2D eigenvalue weighted by Crippen LogP contribution is 2.27. The molecule has 0 radical (unpaired) electrons. The maximum atomic E-state index is 13.4. The van der Waals surface area contributed by atoms with E-state index in [0.717, 1.165) is 11.1 Å². The molecule has 0 spiro atoms. The van der Waals surface area contributed by atoms with Crippen LogP contribution in [0.4, 0.5) is 4.39 Å². The lowest BCUT2D eigenvalue weighted by Gasteiger charge is -2.15. The van der Waals surface area contributed by atoms with Crippen LogP contribution in [-0.2, 0) is 6.61 Å². The topological polar surface area (TPSA) is 31.2 Å². The molecule has 1 aromatic carbocycles. The fourth-order valence-corrected chi connectivity index (χ4v) is 2.32. The van der Waals surface area contributed by atoms with Gasteiger partial charge in [-0.15, -0.1) is 0 Å². The van der Waals surface area contributed by atoms with Crippen molar-refractivity contribution < 1.29 is 9.13 Å². The van der Waals surface area contributed by atoms with Crippen LogP contribution in [0.15, 0.2) is 41.3 Å². The van der Waals surface area contributed by atoms with Gasteiger partial charge in [-0.1, -0.05) is 19.9 Å². The van der Waals surface area contributed by atoms with Gasteiger partial charge in [-0.25, -0.2) is 4.39 Å². The van der Waals surface area contributed by atoms with Crippen LogP contribution < -0.4 is 10.3 Å². The summed E-state index contributed by atoms with van der Waals surface area (Å²) in [4.78, 5) is 12.0. The summed E-state index contributed by atoms with van der Waals surface area (Å²) < 4.78 is 20.8. The van der Waals surface area contributed by atoms with Crippen molar-refractivity contribution in [3.63, 3.8) is 0 Å². The molecule has 0 bridgehead atoms. The number of hydrogen-bond acceptors (Lipinski definition) is 2. The van der Waals surface area contributed by atoms with Crippen LogP contribution >= 0.6 is 0 Å². The molecule has 0 saturated heterocycles. The molecule has 0 saturated carbocycles. The molecule has 0 aliphatic rings. The highest BCUT2D eigenvalue weighted by molar-refractivity contribution is 5.36. The summed E-state index contributed by atoms with van der Waals surface area (Å²) in [6.07, 6.45) is 1.76. The van der Waals surface area contributed by atoms with E-state index in [0.29, 0.717) is 5.75 Å². The summed E-state index contributed by atoms with van der Waals surface area (Å²) >= 11 is 0. The van der Waals surface area contributed by atoms with Crippen LogP contribution in [0.5, 0.6) is 5.75 Å². The summed E-state index contributed by atoms with van der Waals surface area (Å²) in [5.41, 5.74) is 1.68. The summed E-state index contributed by atoms with van der Waals surface area (Å²) in [5.74, 6) is 0.446. The Balaban J connectivity index is 2.18. The second-order valence-corrected chi connectivity index (χ2v) is 6.00. The fourth-order valence-electron chi connectivity index (χ4n) is 2.32. The van der Waals surface area contributed by atoms with Crippen molar-refractivity contribution in [2.24, 2.45) is 0 Å². The molecule has 118 valence electrons. The molecule has 0 unspecified atom stereocenters. The fraction of sp³-hybridized carbons (Fsp3) is 0.389. The Morgan fingerprint density at radius 1 is 1.14 bits per heavy atom. The van der Waals surface area contributed by atoms with Crippen LogP contribution in [0.3, 0.4) is 0 Å². The summed E-state index contributed by atoms with van der Waals surface area (Å²) in [5, 5.41) is 0. The van der Waals surface area contributed by atoms with Crippen molar-refractivity contribution in [2.45, 2.75) is 46.3 Å². The maximum Gasteiger partial charge on any atom is 0.251 e. The van der Waals surface area contributed by atoms with E-state index >= 15 is 0 Å². The zero-order valence-corrected chi connectivity index (χ0v) is 13.5. The quantitative estimate of drug-likeness (QED) is 0.826. The third-order valence-electron chi connectivity index (χ3n) is 3.56. The Morgan fingerprint density at radius 3 is 2.45 bits per heavy atom. The summed E-state index contributed by atoms with van der Waals surface area (Å²) in [6, 6.07) is 8.12. The van der Waals surface area contributed by atoms with Gasteiger partial charge in [0.2, 0.25) is 0 Å². The number of ether oxygens (including phenoxy) is 1. The minimum atomic E-state index is -0.324. The van der Waals surface area contributed by atoms with Gasteiger partial charge in [-0.05, 0) is 43.0 Å². The molecule has 3 nitrogen and oxygen atoms in total. The first-order valence-electron chi connectivity index (χ1n) is 7.51. The first-order chi connectivity index (χ1) is 10.4. The van der Waals surface area contributed by atoms with Gasteiger partial charge in [0.05, 0.1) is 0 Å². The van der Waals surface area contributed by atoms with Crippen molar-refractivity contribution in [1.82, 2.24) is 4.57 Å². The molecule has 4 heteroatoms. The number of aromatic nitrogens is 1. The molecule has 0 aliphatic carbocycles. The van der Waals surface area contributed by atoms with E-state index in [4.69, 9.17) is 4.74 Å². The monoisotopic (exact) mass is 303 g/mol. The van der Waals surface area contributed by atoms with E-state index in [1.807, 2.05) is 33.8 Å². The Kier molecular flexibility index (Phi) is 5.01. The first kappa shape index (κ1) is 16.3. The second-order valence-electron chi connectivity index (χ2n) is 6.00. The van der Waals surface area contributed by atoms with Gasteiger partial charge in [0, 0.05) is 24.4 Å². The smallest absolute Gasteiger partial charge is 0.251 e. The van der Waals surface area contributed by atoms with Gasteiger partial charge in [0.15, 0.2) is 0 Å². The number of benzene rings is 1. The van der Waals surface area contributed by atoms with Crippen LogP contribution in [0, 0.1) is 5.82 Å². The van der Waals surface area contributed by atoms with E-state index in [9.17, 15) is 9.18 Å². The number of hydrogen-bond donors (Lipinski definition) is 0. The van der Waals surface area contributed by atoms with Crippen LogP contribution in [0.2, 0.25) is 0 Å². The standard InChI is InChI=1S/C18H22FNO2/c1-12(2)16-6-5-15(19)10-17(16)22-11-14-7-8-20(13(3)4)18(21)9-14/h5-10,12-13H,11H2,1-4H3. The molecule has 1 aromatic heterocycles. The summed E-state index contributed by atoms with van der Waals surface area (Å²) in [6.45, 7) is 8.23. The Labute approximate surface area is 130 Å². The van der Waals surface area contributed by atoms with E-state index < -0.39 is 0 Å². The molecule has 0 atom stereocenters. The number of rotatable bonds is 5. The minimum absolute atomic E-state index is 0.0561. The third-order valence-corrected chi connectivity index (χ3v) is 3.56. The van der Waals surface area contributed by atoms with Gasteiger partial charge in [-0.3, -0.25) is 4.79 Å². The molecular weight excluding hydrogens is 281 g/mol. The number of halogens is 1. The predicted molar refractivity (Wildman–Crippen MR) is 85.9 cm³/mol. The lowest BCUT2D eigenvalue weighted by molar-refractivity contribution is 0.299. The number of pyridine rings is 1. The number of nitrogens with zero attached hydrogens (tertiary/aromatic N) is 1. The molecule has 0 fully saturated rings. The lowest BCUT2D eigenvalue weighted by Crippen LogP contribution is -2.21. The molecule has 0 aliphatic heterocycles. The van der Waals surface area contributed by atoms with Crippen molar-refractivity contribution in [1.29, 1.82) is 0 Å². The minimum Gasteiger partial charge on any atom is -0.489 e. The van der Waals surface area contributed by atoms with Gasteiger partial charge < -0.3 is 9.30 Å². The Bertz CT molecular complexity index is 704. The normalized spacial score (nSPS) is 11.2. The molecule has 2 rings (SSSR count). The average Bonchev–Trinajstić information content (AvgIpc) is 2.44. The van der Waals surface area contributed by atoms with Crippen LogP contribution in [0.1, 0.15) is 50.8 Å². The highest BCUT2D eigenvalue weighted by atomic mass is 19.1. The molecule has 0 N–H and O–H groups in total. The SMILES string of the molecule is CC(C)c1ccc(F)cc1OCc1ccn(C(C)C)c(=O)c1. The Morgan fingerprint density at radius 2 is 1.86 bits per heavy atom. The highest BCUT2D eigenvalue weighted by Gasteiger charge is 2.10. The van der Waals surface area contributed by atoms with E-state index in [1.54, 1.807) is 22.9 Å². The van der Waals surface area contributed by atoms with Gasteiger partial charge in [0.25, 0.3) is 5.56 Å². The zero-order valence-electron chi connectivity index (χ0n) is 13.5. The summed E-state index contributed by atoms with van der Waals surface area (Å²) in [7, 11) is 0. The van der Waals surface area contributed by atoms with Crippen LogP contribution in [0.25, 0.3) is 0 Å². The molecule has 22 heavy (non-hydrogen) atoms. The molecule has 2 aromatic rings. The van der Waals surface area contributed by atoms with Crippen molar-refractivity contribution in [3.05, 3.63) is 63.8 Å². The van der Waals surface area contributed by atoms with E-state index in [1.165, 1.54) is 12.1 Å². The van der Waals surface area contributed by atoms with Crippen molar-refractivity contribution in [3.8, 4) is 5.75 Å². The predicted octanol–water partition coefficient (Wildman–Crippen LogP) is 4.27. The van der Waals surface area contributed by atoms with Gasteiger partial charge in [-0.2, -0.15) is 0 Å². The zero-order chi connectivity index (χ0) is 16.3. The molecular formula is C18H22FNO2. The van der Waals surface area contributed by atoms with Gasteiger partial charge >= 0.3 is 0 Å². The average molecular weight is 303 g/mol. The van der Waals surface area contributed by atoms with Crippen molar-refractivity contribution in [2.75, 3.05) is 0 Å². The lowest BCUT2D eigenvalue weighted by atomic mass is 10.0. The van der Waals surface area contributed by atoms with Gasteiger partial charge in [0.1, 0.15) is 18.2 Å². The van der Waals surface area contributed by atoms with E-state index in [-0.39, 0.29) is 29.9 Å². The first-order valence-corrected chi connectivity index (χ1v) is 7.51. The molecule has 0 amide bonds. The third kappa shape index (κ3) is 3.75. The maximum absolute atomic E-state index is 13.4. The second kappa shape index (κ2) is 6.77. The van der Waals surface area contributed by atoms with E-state index in [2.05, 4.69) is 0 Å².